The predicted molar refractivity (Wildman–Crippen MR) is 147 cm³/mol. The van der Waals surface area contributed by atoms with E-state index in [0.29, 0.717) is 17.1 Å². The van der Waals surface area contributed by atoms with E-state index < -0.39 is 0 Å². The Labute approximate surface area is 215 Å². The van der Waals surface area contributed by atoms with Crippen molar-refractivity contribution in [2.75, 3.05) is 23.3 Å². The number of aromatic nitrogens is 1. The summed E-state index contributed by atoms with van der Waals surface area (Å²) < 4.78 is 0. The van der Waals surface area contributed by atoms with Gasteiger partial charge in [0.25, 0.3) is 5.91 Å². The molecule has 0 aliphatic carbocycles. The number of rotatable bonds is 5. The fourth-order valence-electron chi connectivity index (χ4n) is 4.85. The van der Waals surface area contributed by atoms with Gasteiger partial charge >= 0.3 is 6.03 Å². The number of piperidine rings is 1. The number of carbonyl (C=O) groups is 2. The van der Waals surface area contributed by atoms with Gasteiger partial charge in [0.05, 0.1) is 22.4 Å². The van der Waals surface area contributed by atoms with Crippen molar-refractivity contribution in [2.24, 2.45) is 0 Å². The maximum atomic E-state index is 13.4. The van der Waals surface area contributed by atoms with Gasteiger partial charge in [-0.2, -0.15) is 0 Å². The van der Waals surface area contributed by atoms with Crippen molar-refractivity contribution in [3.05, 3.63) is 71.9 Å². The number of allylic oxidation sites excluding steroid dienone is 1. The van der Waals surface area contributed by atoms with Gasteiger partial charge in [-0.1, -0.05) is 46.1 Å². The van der Waals surface area contributed by atoms with E-state index in [9.17, 15) is 9.59 Å². The summed E-state index contributed by atoms with van der Waals surface area (Å²) in [6.07, 6.45) is 5.29. The highest BCUT2D eigenvalue weighted by Gasteiger charge is 2.34. The number of anilines is 3. The number of urea groups is 1. The molecule has 0 bridgehead atoms. The largest absolute Gasteiger partial charge is 0.370 e. The molecule has 1 saturated heterocycles. The molecule has 3 aromatic rings. The molecule has 1 aromatic carbocycles. The molecular formula is C28H31N5O2S. The first-order valence-electron chi connectivity index (χ1n) is 12.2. The van der Waals surface area contributed by atoms with Crippen LogP contribution in [0.4, 0.5) is 21.9 Å². The summed E-state index contributed by atoms with van der Waals surface area (Å²) >= 11 is 1.31. The molecule has 8 heteroatoms. The quantitative estimate of drug-likeness (QED) is 0.410. The van der Waals surface area contributed by atoms with Gasteiger partial charge in [0.15, 0.2) is 0 Å². The summed E-state index contributed by atoms with van der Waals surface area (Å²) in [5.74, 6) is -0.196. The van der Waals surface area contributed by atoms with Gasteiger partial charge < -0.3 is 15.5 Å². The first-order valence-corrected chi connectivity index (χ1v) is 13.0. The van der Waals surface area contributed by atoms with E-state index in [1.165, 1.54) is 11.3 Å². The minimum absolute atomic E-state index is 0.0104. The lowest BCUT2D eigenvalue weighted by atomic mass is 9.87. The third kappa shape index (κ3) is 4.26. The van der Waals surface area contributed by atoms with Crippen molar-refractivity contribution in [1.29, 1.82) is 0 Å². The lowest BCUT2D eigenvalue weighted by Crippen LogP contribution is -2.47. The van der Waals surface area contributed by atoms with Gasteiger partial charge in [-0.25, -0.2) is 9.78 Å². The number of hydrogen-bond donors (Lipinski definition) is 2. The van der Waals surface area contributed by atoms with Crippen LogP contribution in [0.25, 0.3) is 10.2 Å². The Kier molecular flexibility index (Phi) is 6.08. The highest BCUT2D eigenvalue weighted by molar-refractivity contribution is 7.21. The summed E-state index contributed by atoms with van der Waals surface area (Å²) in [4.78, 5) is 36.3. The second-order valence-electron chi connectivity index (χ2n) is 10.3. The van der Waals surface area contributed by atoms with Crippen LogP contribution in [0.2, 0.25) is 0 Å². The van der Waals surface area contributed by atoms with Crippen LogP contribution in [0.3, 0.4) is 0 Å². The van der Waals surface area contributed by atoms with Crippen LogP contribution >= 0.6 is 11.3 Å². The van der Waals surface area contributed by atoms with Gasteiger partial charge in [-0.05, 0) is 48.1 Å². The molecule has 1 fully saturated rings. The van der Waals surface area contributed by atoms with Crippen molar-refractivity contribution >= 4 is 50.6 Å². The Hall–Kier alpha value is -3.65. The van der Waals surface area contributed by atoms with Gasteiger partial charge in [-0.15, -0.1) is 11.3 Å². The van der Waals surface area contributed by atoms with E-state index in [0.717, 1.165) is 52.2 Å². The number of nitrogens with zero attached hydrogens (tertiary/aromatic N) is 3. The molecule has 2 aliphatic heterocycles. The van der Waals surface area contributed by atoms with E-state index in [-0.39, 0.29) is 23.4 Å². The van der Waals surface area contributed by atoms with Crippen molar-refractivity contribution in [2.45, 2.75) is 45.1 Å². The molecule has 3 amide bonds. The summed E-state index contributed by atoms with van der Waals surface area (Å²) in [6.45, 7) is 15.9. The fourth-order valence-corrected chi connectivity index (χ4v) is 5.87. The van der Waals surface area contributed by atoms with E-state index in [4.69, 9.17) is 0 Å². The molecule has 2 aromatic heterocycles. The Morgan fingerprint density at radius 1 is 1.31 bits per heavy atom. The molecule has 5 rings (SSSR count). The molecule has 0 spiro atoms. The standard InChI is InChI=1S/C28H31N5O2S/c1-6-17(2)32-14-8-10-19(16-32)30-25(34)24-23-22-21(12-13-29-26(22)36-24)33(27(35)31-23)20-11-7-9-18(15-20)28(3,4)5/h6-7,9,11-13,15,19H,1-2,8,10,14,16H2,3-5H3,(H,30,34)(H,31,35)/t19-/m1/s1. The number of carbonyl (C=O) groups excluding carboxylic acids is 2. The number of likely N-dealkylation sites (tertiary alicyclic amines) is 1. The number of nitrogens with one attached hydrogen (secondary N) is 2. The van der Waals surface area contributed by atoms with Crippen LogP contribution in [0.5, 0.6) is 0 Å². The first kappa shape index (κ1) is 24.1. The van der Waals surface area contributed by atoms with Crippen LogP contribution in [-0.4, -0.2) is 41.0 Å². The minimum Gasteiger partial charge on any atom is -0.370 e. The van der Waals surface area contributed by atoms with Gasteiger partial charge in [0, 0.05) is 31.0 Å². The molecule has 36 heavy (non-hydrogen) atoms. The molecule has 4 heterocycles. The second-order valence-corrected chi connectivity index (χ2v) is 11.3. The summed E-state index contributed by atoms with van der Waals surface area (Å²) in [7, 11) is 0. The lowest BCUT2D eigenvalue weighted by Gasteiger charge is -2.35. The Bertz CT molecular complexity index is 1390. The molecule has 0 unspecified atom stereocenters. The van der Waals surface area contributed by atoms with E-state index in [1.54, 1.807) is 17.2 Å². The summed E-state index contributed by atoms with van der Waals surface area (Å²) in [5.41, 5.74) is 3.98. The van der Waals surface area contributed by atoms with E-state index in [1.807, 2.05) is 24.3 Å². The molecule has 0 saturated carbocycles. The molecule has 0 radical (unpaired) electrons. The van der Waals surface area contributed by atoms with Crippen LogP contribution in [0.1, 0.15) is 48.8 Å². The van der Waals surface area contributed by atoms with Gasteiger partial charge in [0.2, 0.25) is 0 Å². The predicted octanol–water partition coefficient (Wildman–Crippen LogP) is 6.17. The zero-order valence-corrected chi connectivity index (χ0v) is 21.7. The molecule has 186 valence electrons. The van der Waals surface area contributed by atoms with Crippen molar-refractivity contribution in [1.82, 2.24) is 15.2 Å². The molecule has 2 N–H and O–H groups in total. The Morgan fingerprint density at radius 2 is 2.11 bits per heavy atom. The molecule has 7 nitrogen and oxygen atoms in total. The van der Waals surface area contributed by atoms with Crippen LogP contribution in [0.15, 0.2) is 61.5 Å². The lowest BCUT2D eigenvalue weighted by molar-refractivity contribution is 0.0920. The van der Waals surface area contributed by atoms with Crippen molar-refractivity contribution < 1.29 is 9.59 Å². The molecule has 2 aliphatic rings. The summed E-state index contributed by atoms with van der Waals surface area (Å²) in [6, 6.07) is 9.55. The Morgan fingerprint density at radius 3 is 2.86 bits per heavy atom. The van der Waals surface area contributed by atoms with Gasteiger partial charge in [0.1, 0.15) is 9.71 Å². The topological polar surface area (TPSA) is 77.6 Å². The third-order valence-electron chi connectivity index (χ3n) is 6.82. The molecular weight excluding hydrogens is 470 g/mol. The Balaban J connectivity index is 1.48. The average molecular weight is 502 g/mol. The number of hydrogen-bond acceptors (Lipinski definition) is 5. The maximum absolute atomic E-state index is 13.4. The van der Waals surface area contributed by atoms with Crippen LogP contribution < -0.4 is 15.5 Å². The number of thiophene rings is 1. The van der Waals surface area contributed by atoms with Crippen molar-refractivity contribution in [3.63, 3.8) is 0 Å². The average Bonchev–Trinajstić information content (AvgIpc) is 3.23. The monoisotopic (exact) mass is 501 g/mol. The number of pyridine rings is 1. The molecule has 1 atom stereocenters. The van der Waals surface area contributed by atoms with Crippen molar-refractivity contribution in [3.8, 4) is 0 Å². The fraction of sp³-hybridized carbons (Fsp3) is 0.321. The zero-order valence-electron chi connectivity index (χ0n) is 20.9. The number of amides is 3. The van der Waals surface area contributed by atoms with E-state index >= 15 is 0 Å². The first-order chi connectivity index (χ1) is 17.2. The third-order valence-corrected chi connectivity index (χ3v) is 7.92. The van der Waals surface area contributed by atoms with Gasteiger partial charge in [-0.3, -0.25) is 9.69 Å². The SMILES string of the molecule is C=CC(=C)N1CCC[C@@H](NC(=O)c2sc3nccc4c3c2NC(=O)N4c2cccc(C(C)(C)C)c2)C1. The maximum Gasteiger partial charge on any atom is 0.331 e. The zero-order chi connectivity index (χ0) is 25.6. The highest BCUT2D eigenvalue weighted by atomic mass is 32.1. The second kappa shape index (κ2) is 9.09. The van der Waals surface area contributed by atoms with Crippen LogP contribution in [0, 0.1) is 0 Å². The normalized spacial score (nSPS) is 17.6. The number of benzene rings is 1. The summed E-state index contributed by atoms with van der Waals surface area (Å²) in [5, 5.41) is 6.95. The van der Waals surface area contributed by atoms with E-state index in [2.05, 4.69) is 60.5 Å². The minimum atomic E-state index is -0.292. The smallest absolute Gasteiger partial charge is 0.331 e. The van der Waals surface area contributed by atoms with Crippen LogP contribution in [-0.2, 0) is 5.41 Å². The highest BCUT2D eigenvalue weighted by Crippen LogP contribution is 2.46.